The quantitative estimate of drug-likeness (QED) is 0.803. The third-order valence-electron chi connectivity index (χ3n) is 2.05. The van der Waals surface area contributed by atoms with Crippen LogP contribution in [-0.4, -0.2) is 19.4 Å². The van der Waals surface area contributed by atoms with Gasteiger partial charge in [0, 0.05) is 12.2 Å². The van der Waals surface area contributed by atoms with Crippen molar-refractivity contribution in [3.05, 3.63) is 23.9 Å². The highest BCUT2D eigenvalue weighted by Crippen LogP contribution is 2.22. The van der Waals surface area contributed by atoms with Crippen molar-refractivity contribution in [1.29, 1.82) is 5.26 Å². The van der Waals surface area contributed by atoms with Crippen LogP contribution in [0, 0.1) is 11.3 Å². The van der Waals surface area contributed by atoms with Crippen LogP contribution in [0.25, 0.3) is 0 Å². The first-order chi connectivity index (χ1) is 7.13. The lowest BCUT2D eigenvalue weighted by Crippen LogP contribution is -2.27. The summed E-state index contributed by atoms with van der Waals surface area (Å²) in [7, 11) is -3.62. The molecule has 0 amide bonds. The van der Waals surface area contributed by atoms with Crippen LogP contribution in [0.5, 0.6) is 0 Å². The molecule has 1 saturated carbocycles. The highest BCUT2D eigenvalue weighted by molar-refractivity contribution is 7.89. The first-order valence-electron chi connectivity index (χ1n) is 4.51. The maximum absolute atomic E-state index is 11.7. The molecule has 1 aromatic heterocycles. The van der Waals surface area contributed by atoms with E-state index in [2.05, 4.69) is 9.71 Å². The van der Waals surface area contributed by atoms with Gasteiger partial charge in [0.05, 0.1) is 5.56 Å². The van der Waals surface area contributed by atoms with E-state index in [1.54, 1.807) is 0 Å². The average molecular weight is 223 g/mol. The van der Waals surface area contributed by atoms with Crippen LogP contribution in [-0.2, 0) is 10.0 Å². The van der Waals surface area contributed by atoms with Gasteiger partial charge >= 0.3 is 0 Å². The van der Waals surface area contributed by atoms with Gasteiger partial charge in [-0.15, -0.1) is 0 Å². The Hall–Kier alpha value is -1.45. The van der Waals surface area contributed by atoms with Gasteiger partial charge in [-0.1, -0.05) is 0 Å². The molecule has 0 saturated heterocycles. The number of rotatable bonds is 3. The number of hydrogen-bond donors (Lipinski definition) is 1. The summed E-state index contributed by atoms with van der Waals surface area (Å²) < 4.78 is 26.0. The number of hydrogen-bond acceptors (Lipinski definition) is 4. The van der Waals surface area contributed by atoms with Crippen molar-refractivity contribution in [2.45, 2.75) is 23.9 Å². The van der Waals surface area contributed by atoms with Gasteiger partial charge in [-0.3, -0.25) is 0 Å². The van der Waals surface area contributed by atoms with Crippen molar-refractivity contribution < 1.29 is 8.42 Å². The molecule has 1 fully saturated rings. The Morgan fingerprint density at radius 2 is 2.27 bits per heavy atom. The molecular weight excluding hydrogens is 214 g/mol. The monoisotopic (exact) mass is 223 g/mol. The maximum atomic E-state index is 11.7. The van der Waals surface area contributed by atoms with Crippen LogP contribution < -0.4 is 4.72 Å². The van der Waals surface area contributed by atoms with E-state index in [4.69, 9.17) is 5.26 Å². The Kier molecular flexibility index (Phi) is 2.42. The van der Waals surface area contributed by atoms with Gasteiger partial charge in [0.25, 0.3) is 10.0 Å². The van der Waals surface area contributed by atoms with Gasteiger partial charge in [0.2, 0.25) is 0 Å². The smallest absolute Gasteiger partial charge is 0.242 e. The van der Waals surface area contributed by atoms with Crippen LogP contribution in [0.4, 0.5) is 0 Å². The zero-order chi connectivity index (χ0) is 10.9. The molecule has 0 bridgehead atoms. The third-order valence-corrected chi connectivity index (χ3v) is 3.52. The number of nitrogens with zero attached hydrogens (tertiary/aromatic N) is 2. The van der Waals surface area contributed by atoms with E-state index in [1.807, 2.05) is 6.07 Å². The minimum atomic E-state index is -3.62. The summed E-state index contributed by atoms with van der Waals surface area (Å²) in [6.45, 7) is 0. The Balaban J connectivity index is 2.39. The Morgan fingerprint density at radius 3 is 2.87 bits per heavy atom. The van der Waals surface area contributed by atoms with Crippen LogP contribution in [0.2, 0.25) is 0 Å². The fourth-order valence-corrected chi connectivity index (χ4v) is 2.56. The summed E-state index contributed by atoms with van der Waals surface area (Å²) >= 11 is 0. The number of nitriles is 1. The van der Waals surface area contributed by atoms with Crippen LogP contribution in [0.1, 0.15) is 18.4 Å². The molecule has 5 nitrogen and oxygen atoms in total. The van der Waals surface area contributed by atoms with E-state index >= 15 is 0 Å². The second kappa shape index (κ2) is 3.61. The first-order valence-corrected chi connectivity index (χ1v) is 5.99. The Morgan fingerprint density at radius 1 is 1.53 bits per heavy atom. The van der Waals surface area contributed by atoms with Gasteiger partial charge in [-0.25, -0.2) is 18.1 Å². The van der Waals surface area contributed by atoms with Crippen LogP contribution >= 0.6 is 0 Å². The zero-order valence-electron chi connectivity index (χ0n) is 7.84. The van der Waals surface area contributed by atoms with Crippen molar-refractivity contribution in [2.75, 3.05) is 0 Å². The van der Waals surface area contributed by atoms with E-state index in [0.717, 1.165) is 12.8 Å². The largest absolute Gasteiger partial charge is 0.259 e. The summed E-state index contributed by atoms with van der Waals surface area (Å²) in [5, 5.41) is 8.57. The Labute approximate surface area is 87.8 Å². The molecule has 0 spiro atoms. The number of pyridine rings is 1. The van der Waals surface area contributed by atoms with Gasteiger partial charge in [-0.05, 0) is 25.0 Å². The molecule has 1 aromatic rings. The lowest BCUT2D eigenvalue weighted by Gasteiger charge is -2.04. The van der Waals surface area contributed by atoms with Gasteiger partial charge in [0.15, 0.2) is 5.03 Å². The minimum absolute atomic E-state index is 0.0172. The molecule has 1 aliphatic rings. The topological polar surface area (TPSA) is 82.8 Å². The van der Waals surface area contributed by atoms with E-state index < -0.39 is 10.0 Å². The molecule has 15 heavy (non-hydrogen) atoms. The van der Waals surface area contributed by atoms with E-state index in [-0.39, 0.29) is 16.6 Å². The number of aromatic nitrogens is 1. The molecule has 0 radical (unpaired) electrons. The van der Waals surface area contributed by atoms with Crippen molar-refractivity contribution in [3.8, 4) is 6.07 Å². The van der Waals surface area contributed by atoms with Crippen LogP contribution in [0.15, 0.2) is 23.4 Å². The standard InChI is InChI=1S/C9H9N3O2S/c10-6-7-2-1-5-11-9(7)15(13,14)12-8-3-4-8/h1-2,5,8,12H,3-4H2. The highest BCUT2D eigenvalue weighted by atomic mass is 32.2. The molecule has 0 unspecified atom stereocenters. The van der Waals surface area contributed by atoms with E-state index in [9.17, 15) is 8.42 Å². The van der Waals surface area contributed by atoms with Crippen molar-refractivity contribution in [2.24, 2.45) is 0 Å². The molecule has 1 aliphatic carbocycles. The number of sulfonamides is 1. The van der Waals surface area contributed by atoms with Crippen molar-refractivity contribution >= 4 is 10.0 Å². The predicted octanol–water partition coefficient (Wildman–Crippen LogP) is 0.394. The summed E-state index contributed by atoms with van der Waals surface area (Å²) in [5.41, 5.74) is 0.0747. The maximum Gasteiger partial charge on any atom is 0.259 e. The first kappa shape index (κ1) is 10.1. The second-order valence-electron chi connectivity index (χ2n) is 3.36. The molecular formula is C9H9N3O2S. The van der Waals surface area contributed by atoms with Crippen LogP contribution in [0.3, 0.4) is 0 Å². The predicted molar refractivity (Wildman–Crippen MR) is 52.3 cm³/mol. The third kappa shape index (κ3) is 2.14. The molecule has 2 rings (SSSR count). The zero-order valence-corrected chi connectivity index (χ0v) is 8.66. The minimum Gasteiger partial charge on any atom is -0.242 e. The SMILES string of the molecule is N#Cc1cccnc1S(=O)(=O)NC1CC1. The van der Waals surface area contributed by atoms with Crippen molar-refractivity contribution in [1.82, 2.24) is 9.71 Å². The van der Waals surface area contributed by atoms with Gasteiger partial charge in [-0.2, -0.15) is 5.26 Å². The molecule has 6 heteroatoms. The molecule has 0 aliphatic heterocycles. The van der Waals surface area contributed by atoms with E-state index in [0.29, 0.717) is 0 Å². The number of nitrogens with one attached hydrogen (secondary N) is 1. The summed E-state index contributed by atoms with van der Waals surface area (Å²) in [4.78, 5) is 3.73. The fourth-order valence-electron chi connectivity index (χ4n) is 1.17. The summed E-state index contributed by atoms with van der Waals surface area (Å²) in [5.74, 6) is 0. The Bertz CT molecular complexity index is 514. The summed E-state index contributed by atoms with van der Waals surface area (Å²) in [6, 6.07) is 4.81. The lowest BCUT2D eigenvalue weighted by molar-refractivity contribution is 0.577. The normalized spacial score (nSPS) is 15.9. The van der Waals surface area contributed by atoms with E-state index in [1.165, 1.54) is 18.3 Å². The molecule has 1 N–H and O–H groups in total. The molecule has 1 heterocycles. The molecule has 0 atom stereocenters. The molecule has 0 aromatic carbocycles. The highest BCUT2D eigenvalue weighted by Gasteiger charge is 2.30. The fraction of sp³-hybridized carbons (Fsp3) is 0.333. The second-order valence-corrected chi connectivity index (χ2v) is 4.99. The van der Waals surface area contributed by atoms with Gasteiger partial charge in [0.1, 0.15) is 6.07 Å². The molecule has 78 valence electrons. The summed E-state index contributed by atoms with van der Waals surface area (Å²) in [6.07, 6.45) is 3.07. The lowest BCUT2D eigenvalue weighted by atomic mass is 10.3. The average Bonchev–Trinajstić information content (AvgIpc) is 3.01. The van der Waals surface area contributed by atoms with Crippen molar-refractivity contribution in [3.63, 3.8) is 0 Å². The van der Waals surface area contributed by atoms with Gasteiger partial charge < -0.3 is 0 Å².